The summed E-state index contributed by atoms with van der Waals surface area (Å²) < 4.78 is 6.54. The Morgan fingerprint density at radius 3 is 2.67 bits per heavy atom. The van der Waals surface area contributed by atoms with Crippen molar-refractivity contribution in [3.8, 4) is 5.75 Å². The lowest BCUT2D eigenvalue weighted by atomic mass is 10.2. The maximum absolute atomic E-state index is 12.0. The molecule has 94 valence electrons. The van der Waals surface area contributed by atoms with Crippen molar-refractivity contribution >= 4 is 6.03 Å². The Hall–Kier alpha value is -2.30. The molecule has 1 aromatic carbocycles. The third kappa shape index (κ3) is 2.68. The summed E-state index contributed by atoms with van der Waals surface area (Å²) in [6, 6.07) is 7.53. The van der Waals surface area contributed by atoms with Crippen molar-refractivity contribution < 1.29 is 9.53 Å². The number of rotatable bonds is 3. The van der Waals surface area contributed by atoms with Gasteiger partial charge in [0.05, 0.1) is 7.11 Å². The summed E-state index contributed by atoms with van der Waals surface area (Å²) in [7, 11) is 3.39. The van der Waals surface area contributed by atoms with E-state index < -0.39 is 0 Å². The molecule has 0 bridgehead atoms. The number of amides is 1. The zero-order chi connectivity index (χ0) is 13.0. The quantitative estimate of drug-likeness (QED) is 0.830. The highest BCUT2D eigenvalue weighted by Crippen LogP contribution is 2.12. The number of benzene rings is 1. The first-order valence-electron chi connectivity index (χ1n) is 5.57. The predicted octanol–water partition coefficient (Wildman–Crippen LogP) is 1.99. The second-order valence-electron chi connectivity index (χ2n) is 3.96. The molecule has 0 radical (unpaired) electrons. The lowest BCUT2D eigenvalue weighted by Crippen LogP contribution is -2.29. The van der Waals surface area contributed by atoms with Gasteiger partial charge in [-0.15, -0.1) is 0 Å². The maximum Gasteiger partial charge on any atom is 0.329 e. The van der Waals surface area contributed by atoms with Crippen molar-refractivity contribution in [3.63, 3.8) is 0 Å². The highest BCUT2D eigenvalue weighted by molar-refractivity contribution is 5.76. The molecule has 0 atom stereocenters. The maximum atomic E-state index is 12.0. The molecule has 0 unspecified atom stereocenters. The Balaban J connectivity index is 2.02. The molecule has 2 aromatic rings. The fraction of sp³-hybridized carbons (Fsp3) is 0.231. The van der Waals surface area contributed by atoms with Gasteiger partial charge < -0.3 is 9.64 Å². The number of nitrogens with zero attached hydrogens (tertiary/aromatic N) is 3. The number of carbonyl (C=O) groups excluding carboxylic acids is 1. The number of carbonyl (C=O) groups is 1. The minimum absolute atomic E-state index is 0.108. The van der Waals surface area contributed by atoms with Crippen molar-refractivity contribution in [3.05, 3.63) is 48.5 Å². The Morgan fingerprint density at radius 2 is 2.11 bits per heavy atom. The highest BCUT2D eigenvalue weighted by atomic mass is 16.5. The summed E-state index contributed by atoms with van der Waals surface area (Å²) in [5.74, 6) is 0.808. The first-order chi connectivity index (χ1) is 8.70. The van der Waals surface area contributed by atoms with E-state index in [0.717, 1.165) is 11.3 Å². The van der Waals surface area contributed by atoms with Crippen LogP contribution in [0.25, 0.3) is 0 Å². The van der Waals surface area contributed by atoms with Gasteiger partial charge in [-0.2, -0.15) is 0 Å². The number of ether oxygens (including phenoxy) is 1. The summed E-state index contributed by atoms with van der Waals surface area (Å²) in [5, 5.41) is 0. The Bertz CT molecular complexity index is 506. The number of hydrogen-bond donors (Lipinski definition) is 0. The topological polar surface area (TPSA) is 47.4 Å². The van der Waals surface area contributed by atoms with Crippen LogP contribution in [-0.2, 0) is 6.54 Å². The third-order valence-corrected chi connectivity index (χ3v) is 2.63. The highest BCUT2D eigenvalue weighted by Gasteiger charge is 2.10. The summed E-state index contributed by atoms with van der Waals surface area (Å²) in [4.78, 5) is 17.4. The molecule has 0 saturated heterocycles. The van der Waals surface area contributed by atoms with Crippen molar-refractivity contribution in [2.45, 2.75) is 6.54 Å². The molecule has 1 aromatic heterocycles. The molecule has 2 rings (SSSR count). The van der Waals surface area contributed by atoms with Gasteiger partial charge in [0.25, 0.3) is 0 Å². The van der Waals surface area contributed by atoms with Crippen molar-refractivity contribution in [1.82, 2.24) is 14.5 Å². The molecule has 18 heavy (non-hydrogen) atoms. The number of hydrogen-bond acceptors (Lipinski definition) is 3. The van der Waals surface area contributed by atoms with Crippen LogP contribution in [0.15, 0.2) is 43.0 Å². The van der Waals surface area contributed by atoms with E-state index in [2.05, 4.69) is 4.98 Å². The first-order valence-corrected chi connectivity index (χ1v) is 5.57. The molecule has 0 aliphatic heterocycles. The van der Waals surface area contributed by atoms with Gasteiger partial charge in [0, 0.05) is 26.0 Å². The SMILES string of the molecule is COc1ccc(CN(C)C(=O)n2ccnc2)cc1. The molecule has 5 nitrogen and oxygen atoms in total. The lowest BCUT2D eigenvalue weighted by molar-refractivity contribution is 0.208. The van der Waals surface area contributed by atoms with E-state index >= 15 is 0 Å². The molecule has 5 heteroatoms. The summed E-state index contributed by atoms with van der Waals surface area (Å²) in [5.41, 5.74) is 1.05. The molecular weight excluding hydrogens is 230 g/mol. The second-order valence-corrected chi connectivity index (χ2v) is 3.96. The van der Waals surface area contributed by atoms with Crippen LogP contribution in [0.5, 0.6) is 5.75 Å². The smallest absolute Gasteiger partial charge is 0.329 e. The Labute approximate surface area is 106 Å². The van der Waals surface area contributed by atoms with Gasteiger partial charge in [0.2, 0.25) is 0 Å². The van der Waals surface area contributed by atoms with Crippen LogP contribution in [0.3, 0.4) is 0 Å². The van der Waals surface area contributed by atoms with Gasteiger partial charge in [-0.25, -0.2) is 9.78 Å². The van der Waals surface area contributed by atoms with Crippen LogP contribution >= 0.6 is 0 Å². The van der Waals surface area contributed by atoms with Crippen LogP contribution in [0, 0.1) is 0 Å². The van der Waals surface area contributed by atoms with E-state index in [1.54, 1.807) is 31.5 Å². The van der Waals surface area contributed by atoms with Crippen LogP contribution in [-0.4, -0.2) is 34.6 Å². The fourth-order valence-corrected chi connectivity index (χ4v) is 1.64. The van der Waals surface area contributed by atoms with Crippen molar-refractivity contribution in [2.75, 3.05) is 14.2 Å². The van der Waals surface area contributed by atoms with Gasteiger partial charge in [-0.1, -0.05) is 12.1 Å². The minimum Gasteiger partial charge on any atom is -0.497 e. The van der Waals surface area contributed by atoms with Crippen LogP contribution in [0.2, 0.25) is 0 Å². The fourth-order valence-electron chi connectivity index (χ4n) is 1.64. The monoisotopic (exact) mass is 245 g/mol. The van der Waals surface area contributed by atoms with Gasteiger partial charge >= 0.3 is 6.03 Å². The average Bonchev–Trinajstić information content (AvgIpc) is 2.92. The van der Waals surface area contributed by atoms with E-state index in [4.69, 9.17) is 4.74 Å². The molecule has 0 saturated carbocycles. The molecular formula is C13H15N3O2. The molecule has 1 amide bonds. The van der Waals surface area contributed by atoms with E-state index in [1.165, 1.54) is 10.9 Å². The number of aromatic nitrogens is 2. The minimum atomic E-state index is -0.108. The van der Waals surface area contributed by atoms with E-state index in [0.29, 0.717) is 6.54 Å². The van der Waals surface area contributed by atoms with Crippen molar-refractivity contribution in [2.24, 2.45) is 0 Å². The Kier molecular flexibility index (Phi) is 3.62. The number of methoxy groups -OCH3 is 1. The van der Waals surface area contributed by atoms with Crippen LogP contribution < -0.4 is 4.74 Å². The van der Waals surface area contributed by atoms with Gasteiger partial charge in [-0.05, 0) is 17.7 Å². The van der Waals surface area contributed by atoms with Gasteiger partial charge in [-0.3, -0.25) is 4.57 Å². The largest absolute Gasteiger partial charge is 0.497 e. The average molecular weight is 245 g/mol. The normalized spacial score (nSPS) is 10.1. The van der Waals surface area contributed by atoms with Crippen LogP contribution in [0.1, 0.15) is 5.56 Å². The third-order valence-electron chi connectivity index (χ3n) is 2.63. The van der Waals surface area contributed by atoms with E-state index in [9.17, 15) is 4.79 Å². The molecule has 0 fully saturated rings. The zero-order valence-corrected chi connectivity index (χ0v) is 10.4. The summed E-state index contributed by atoms with van der Waals surface area (Å²) in [6.45, 7) is 0.543. The standard InChI is InChI=1S/C13H15N3O2/c1-15(13(17)16-8-7-14-10-16)9-11-3-5-12(18-2)6-4-11/h3-8,10H,9H2,1-2H3. The van der Waals surface area contributed by atoms with Crippen LogP contribution in [0.4, 0.5) is 4.79 Å². The summed E-state index contributed by atoms with van der Waals surface area (Å²) in [6.07, 6.45) is 4.71. The Morgan fingerprint density at radius 1 is 1.39 bits per heavy atom. The zero-order valence-electron chi connectivity index (χ0n) is 10.4. The van der Waals surface area contributed by atoms with Crippen molar-refractivity contribution in [1.29, 1.82) is 0 Å². The molecule has 1 heterocycles. The van der Waals surface area contributed by atoms with E-state index in [-0.39, 0.29) is 6.03 Å². The molecule has 0 aliphatic carbocycles. The predicted molar refractivity (Wildman–Crippen MR) is 67.5 cm³/mol. The number of imidazole rings is 1. The van der Waals surface area contributed by atoms with Gasteiger partial charge in [0.15, 0.2) is 0 Å². The molecule has 0 aliphatic rings. The molecule has 0 spiro atoms. The lowest BCUT2D eigenvalue weighted by Gasteiger charge is -2.17. The van der Waals surface area contributed by atoms with E-state index in [1.807, 2.05) is 24.3 Å². The summed E-state index contributed by atoms with van der Waals surface area (Å²) >= 11 is 0. The van der Waals surface area contributed by atoms with Gasteiger partial charge in [0.1, 0.15) is 12.1 Å². The molecule has 0 N–H and O–H groups in total. The first kappa shape index (κ1) is 12.2. The second kappa shape index (κ2) is 5.35.